The third kappa shape index (κ3) is 2.97. The van der Waals surface area contributed by atoms with Gasteiger partial charge in [-0.2, -0.15) is 0 Å². The molecule has 19 heavy (non-hydrogen) atoms. The molecular weight excluding hydrogens is 264 g/mol. The van der Waals surface area contributed by atoms with Crippen LogP contribution in [0.1, 0.15) is 23.1 Å². The van der Waals surface area contributed by atoms with Crippen LogP contribution in [0.15, 0.2) is 18.2 Å². The lowest BCUT2D eigenvalue weighted by Gasteiger charge is -2.22. The van der Waals surface area contributed by atoms with E-state index in [0.717, 1.165) is 16.7 Å². The number of carbonyl (C=O) groups is 1. The summed E-state index contributed by atoms with van der Waals surface area (Å²) in [6.07, 6.45) is 0.488. The Morgan fingerprint density at radius 1 is 1.26 bits per heavy atom. The van der Waals surface area contributed by atoms with E-state index in [2.05, 4.69) is 0 Å². The molecular formula is C14H18O4S. The minimum Gasteiger partial charge on any atom is -0.481 e. The van der Waals surface area contributed by atoms with Crippen molar-refractivity contribution in [2.45, 2.75) is 26.7 Å². The first-order valence-electron chi connectivity index (χ1n) is 6.23. The molecule has 1 unspecified atom stereocenters. The summed E-state index contributed by atoms with van der Waals surface area (Å²) in [6.45, 7) is 3.91. The van der Waals surface area contributed by atoms with Gasteiger partial charge >= 0.3 is 5.97 Å². The lowest BCUT2D eigenvalue weighted by atomic mass is 9.81. The van der Waals surface area contributed by atoms with Gasteiger partial charge in [-0.15, -0.1) is 0 Å². The van der Waals surface area contributed by atoms with Gasteiger partial charge in [-0.05, 0) is 32.3 Å². The zero-order chi connectivity index (χ0) is 14.3. The van der Waals surface area contributed by atoms with Gasteiger partial charge in [-0.3, -0.25) is 4.79 Å². The number of rotatable bonds is 3. The normalized spacial score (nSPS) is 25.4. The Morgan fingerprint density at radius 3 is 2.26 bits per heavy atom. The van der Waals surface area contributed by atoms with Crippen LogP contribution in [-0.2, 0) is 21.1 Å². The molecule has 1 N–H and O–H groups in total. The van der Waals surface area contributed by atoms with E-state index >= 15 is 0 Å². The van der Waals surface area contributed by atoms with Gasteiger partial charge in [0.15, 0.2) is 9.84 Å². The molecule has 0 amide bonds. The molecule has 0 spiro atoms. The van der Waals surface area contributed by atoms with Gasteiger partial charge in [0.1, 0.15) is 0 Å². The maximum absolute atomic E-state index is 11.6. The Hall–Kier alpha value is -1.36. The molecule has 0 aromatic heterocycles. The molecule has 1 aromatic rings. The molecule has 1 heterocycles. The van der Waals surface area contributed by atoms with Gasteiger partial charge in [-0.25, -0.2) is 8.42 Å². The number of hydrogen-bond donors (Lipinski definition) is 1. The second-order valence-electron chi connectivity index (χ2n) is 5.60. The van der Waals surface area contributed by atoms with E-state index in [9.17, 15) is 18.3 Å². The standard InChI is InChI=1S/C14H18O4S/c1-10-5-11(2)7-12(6-10)8-14(13(15)16)3-4-19(17,18)9-14/h5-7H,3-4,8-9H2,1-2H3,(H,15,16). The summed E-state index contributed by atoms with van der Waals surface area (Å²) in [6, 6.07) is 5.88. The van der Waals surface area contributed by atoms with Crippen LogP contribution in [0.2, 0.25) is 0 Å². The second kappa shape index (κ2) is 4.63. The fourth-order valence-electron chi connectivity index (χ4n) is 2.86. The quantitative estimate of drug-likeness (QED) is 0.916. The summed E-state index contributed by atoms with van der Waals surface area (Å²) < 4.78 is 23.2. The first-order chi connectivity index (χ1) is 8.72. The van der Waals surface area contributed by atoms with E-state index in [-0.39, 0.29) is 24.3 Å². The van der Waals surface area contributed by atoms with Crippen molar-refractivity contribution in [3.05, 3.63) is 34.9 Å². The van der Waals surface area contributed by atoms with Crippen molar-refractivity contribution in [2.75, 3.05) is 11.5 Å². The van der Waals surface area contributed by atoms with Gasteiger partial charge in [0, 0.05) is 0 Å². The number of carboxylic acids is 1. The summed E-state index contributed by atoms with van der Waals surface area (Å²) in [7, 11) is -3.22. The largest absolute Gasteiger partial charge is 0.481 e. The lowest BCUT2D eigenvalue weighted by molar-refractivity contribution is -0.147. The summed E-state index contributed by atoms with van der Waals surface area (Å²) in [5, 5.41) is 9.43. The van der Waals surface area contributed by atoms with Crippen molar-refractivity contribution < 1.29 is 18.3 Å². The Balaban J connectivity index is 2.35. The smallest absolute Gasteiger partial charge is 0.311 e. The highest BCUT2D eigenvalue weighted by Crippen LogP contribution is 2.36. The number of aryl methyl sites for hydroxylation is 2. The number of carboxylic acid groups (broad SMARTS) is 1. The van der Waals surface area contributed by atoms with Gasteiger partial charge < -0.3 is 5.11 Å². The molecule has 0 aliphatic carbocycles. The predicted molar refractivity (Wildman–Crippen MR) is 73.0 cm³/mol. The van der Waals surface area contributed by atoms with E-state index in [0.29, 0.717) is 0 Å². The van der Waals surface area contributed by atoms with Crippen molar-refractivity contribution in [1.82, 2.24) is 0 Å². The van der Waals surface area contributed by atoms with E-state index in [1.807, 2.05) is 32.0 Å². The Kier molecular flexibility index (Phi) is 3.43. The summed E-state index contributed by atoms with van der Waals surface area (Å²) in [4.78, 5) is 11.5. The topological polar surface area (TPSA) is 71.4 Å². The van der Waals surface area contributed by atoms with Crippen LogP contribution >= 0.6 is 0 Å². The van der Waals surface area contributed by atoms with Gasteiger partial charge in [0.25, 0.3) is 0 Å². The molecule has 2 rings (SSSR count). The van der Waals surface area contributed by atoms with Crippen LogP contribution in [0.3, 0.4) is 0 Å². The number of hydrogen-bond acceptors (Lipinski definition) is 3. The van der Waals surface area contributed by atoms with Crippen molar-refractivity contribution in [3.63, 3.8) is 0 Å². The van der Waals surface area contributed by atoms with Crippen LogP contribution < -0.4 is 0 Å². The molecule has 1 aromatic carbocycles. The summed E-state index contributed by atoms with van der Waals surface area (Å²) >= 11 is 0. The van der Waals surface area contributed by atoms with Crippen LogP contribution in [0.25, 0.3) is 0 Å². The molecule has 1 saturated heterocycles. The van der Waals surface area contributed by atoms with Crippen LogP contribution in [-0.4, -0.2) is 31.0 Å². The van der Waals surface area contributed by atoms with Crippen molar-refractivity contribution in [2.24, 2.45) is 5.41 Å². The highest BCUT2D eigenvalue weighted by Gasteiger charge is 2.48. The van der Waals surface area contributed by atoms with Crippen molar-refractivity contribution >= 4 is 15.8 Å². The third-order valence-corrected chi connectivity index (χ3v) is 5.48. The first-order valence-corrected chi connectivity index (χ1v) is 8.06. The van der Waals surface area contributed by atoms with E-state index in [1.54, 1.807) is 0 Å². The fourth-order valence-corrected chi connectivity index (χ4v) is 4.92. The van der Waals surface area contributed by atoms with Gasteiger partial charge in [0.05, 0.1) is 16.9 Å². The van der Waals surface area contributed by atoms with E-state index < -0.39 is 21.2 Å². The van der Waals surface area contributed by atoms with Crippen LogP contribution in [0.4, 0.5) is 0 Å². The van der Waals surface area contributed by atoms with E-state index in [4.69, 9.17) is 0 Å². The number of sulfone groups is 1. The average Bonchev–Trinajstić information content (AvgIpc) is 2.53. The molecule has 4 nitrogen and oxygen atoms in total. The Labute approximate surface area is 113 Å². The molecule has 104 valence electrons. The number of aliphatic carboxylic acids is 1. The van der Waals surface area contributed by atoms with Gasteiger partial charge in [-0.1, -0.05) is 29.3 Å². The molecule has 1 aliphatic rings. The first kappa shape index (κ1) is 14.1. The van der Waals surface area contributed by atoms with Crippen molar-refractivity contribution in [1.29, 1.82) is 0 Å². The maximum Gasteiger partial charge on any atom is 0.311 e. The molecule has 1 aliphatic heterocycles. The van der Waals surface area contributed by atoms with E-state index in [1.165, 1.54) is 0 Å². The molecule has 1 fully saturated rings. The Bertz CT molecular complexity index is 598. The SMILES string of the molecule is Cc1cc(C)cc(CC2(C(=O)O)CCS(=O)(=O)C2)c1. The second-order valence-corrected chi connectivity index (χ2v) is 7.78. The number of benzene rings is 1. The highest BCUT2D eigenvalue weighted by atomic mass is 32.2. The lowest BCUT2D eigenvalue weighted by Crippen LogP contribution is -2.34. The zero-order valence-corrected chi connectivity index (χ0v) is 12.0. The molecule has 1 atom stereocenters. The predicted octanol–water partition coefficient (Wildman–Crippen LogP) is 1.74. The Morgan fingerprint density at radius 2 is 1.84 bits per heavy atom. The molecule has 0 radical (unpaired) electrons. The monoisotopic (exact) mass is 282 g/mol. The van der Waals surface area contributed by atoms with Crippen molar-refractivity contribution in [3.8, 4) is 0 Å². The van der Waals surface area contributed by atoms with Gasteiger partial charge in [0.2, 0.25) is 0 Å². The van der Waals surface area contributed by atoms with Crippen LogP contribution in [0, 0.1) is 19.3 Å². The molecule has 0 bridgehead atoms. The minimum atomic E-state index is -3.22. The fraction of sp³-hybridized carbons (Fsp3) is 0.500. The third-order valence-electron chi connectivity index (χ3n) is 3.67. The molecule has 5 heteroatoms. The maximum atomic E-state index is 11.6. The zero-order valence-electron chi connectivity index (χ0n) is 11.1. The summed E-state index contributed by atoms with van der Waals surface area (Å²) in [5.74, 6) is -1.28. The minimum absolute atomic E-state index is 0.0237. The highest BCUT2D eigenvalue weighted by molar-refractivity contribution is 7.91. The summed E-state index contributed by atoms with van der Waals surface area (Å²) in [5.41, 5.74) is 1.88. The van der Waals surface area contributed by atoms with Crippen LogP contribution in [0.5, 0.6) is 0 Å². The molecule has 0 saturated carbocycles. The average molecular weight is 282 g/mol.